The Morgan fingerprint density at radius 1 is 1.15 bits per heavy atom. The minimum absolute atomic E-state index is 0.0593. The molecule has 1 aromatic carbocycles. The van der Waals surface area contributed by atoms with E-state index < -0.39 is 5.60 Å². The SMILES string of the molecule is CC(C)(Oc1ccc(Cl)cc1)C(=O)N1CCC(CCN2CCOCC2)CC1. The molecule has 2 saturated heterocycles. The smallest absolute Gasteiger partial charge is 0.266 e. The lowest BCUT2D eigenvalue weighted by molar-refractivity contribution is -0.147. The topological polar surface area (TPSA) is 42.0 Å². The molecule has 6 heteroatoms. The zero-order valence-corrected chi connectivity index (χ0v) is 17.2. The summed E-state index contributed by atoms with van der Waals surface area (Å²) in [5, 5.41) is 0.658. The standard InChI is InChI=1S/C21H31ClN2O3/c1-21(2,27-19-5-3-18(22)4-6-19)20(25)24-11-8-17(9-12-24)7-10-23-13-15-26-16-14-23/h3-6,17H,7-16H2,1-2H3. The summed E-state index contributed by atoms with van der Waals surface area (Å²) in [5.41, 5.74) is -0.880. The zero-order valence-electron chi connectivity index (χ0n) is 16.5. The third-order valence-electron chi connectivity index (χ3n) is 5.56. The summed E-state index contributed by atoms with van der Waals surface area (Å²) in [6, 6.07) is 7.15. The van der Waals surface area contributed by atoms with Gasteiger partial charge in [-0.1, -0.05) is 11.6 Å². The van der Waals surface area contributed by atoms with Crippen LogP contribution in [0.1, 0.15) is 33.1 Å². The highest BCUT2D eigenvalue weighted by atomic mass is 35.5. The number of carbonyl (C=O) groups excluding carboxylic acids is 1. The van der Waals surface area contributed by atoms with E-state index in [4.69, 9.17) is 21.1 Å². The number of ether oxygens (including phenoxy) is 2. The number of hydrogen-bond donors (Lipinski definition) is 0. The molecular formula is C21H31ClN2O3. The minimum Gasteiger partial charge on any atom is -0.478 e. The maximum Gasteiger partial charge on any atom is 0.266 e. The highest BCUT2D eigenvalue weighted by Gasteiger charge is 2.36. The molecule has 1 aromatic rings. The monoisotopic (exact) mass is 394 g/mol. The molecular weight excluding hydrogens is 364 g/mol. The summed E-state index contributed by atoms with van der Waals surface area (Å²) in [4.78, 5) is 17.4. The van der Waals surface area contributed by atoms with Gasteiger partial charge in [0.1, 0.15) is 5.75 Å². The molecule has 2 fully saturated rings. The summed E-state index contributed by atoms with van der Waals surface area (Å²) in [6.45, 7) is 10.3. The van der Waals surface area contributed by atoms with Gasteiger partial charge in [0.05, 0.1) is 13.2 Å². The molecule has 0 radical (unpaired) electrons. The Kier molecular flexibility index (Phi) is 7.01. The van der Waals surface area contributed by atoms with Crippen LogP contribution < -0.4 is 4.74 Å². The fourth-order valence-electron chi connectivity index (χ4n) is 3.84. The van der Waals surface area contributed by atoms with E-state index in [0.29, 0.717) is 16.7 Å². The predicted octanol–water partition coefficient (Wildman–Crippen LogP) is 3.46. The third kappa shape index (κ3) is 5.84. The van der Waals surface area contributed by atoms with Crippen LogP contribution >= 0.6 is 11.6 Å². The van der Waals surface area contributed by atoms with E-state index in [-0.39, 0.29) is 5.91 Å². The first kappa shape index (κ1) is 20.4. The van der Waals surface area contributed by atoms with Crippen molar-refractivity contribution in [1.82, 2.24) is 9.80 Å². The molecule has 0 atom stereocenters. The van der Waals surface area contributed by atoms with Gasteiger partial charge < -0.3 is 14.4 Å². The maximum absolute atomic E-state index is 13.0. The molecule has 0 saturated carbocycles. The molecule has 0 bridgehead atoms. The lowest BCUT2D eigenvalue weighted by Crippen LogP contribution is -2.51. The molecule has 2 aliphatic rings. The Balaban J connectivity index is 1.44. The van der Waals surface area contributed by atoms with Crippen molar-refractivity contribution in [3.63, 3.8) is 0 Å². The molecule has 1 amide bonds. The van der Waals surface area contributed by atoms with E-state index in [9.17, 15) is 4.79 Å². The van der Waals surface area contributed by atoms with Crippen LogP contribution in [0.3, 0.4) is 0 Å². The number of morpholine rings is 1. The second kappa shape index (κ2) is 9.26. The third-order valence-corrected chi connectivity index (χ3v) is 5.81. The van der Waals surface area contributed by atoms with Gasteiger partial charge in [0.15, 0.2) is 5.60 Å². The predicted molar refractivity (Wildman–Crippen MR) is 107 cm³/mol. The van der Waals surface area contributed by atoms with Crippen molar-refractivity contribution < 1.29 is 14.3 Å². The number of hydrogen-bond acceptors (Lipinski definition) is 4. The largest absolute Gasteiger partial charge is 0.478 e. The van der Waals surface area contributed by atoms with Crippen LogP contribution in [-0.4, -0.2) is 67.2 Å². The lowest BCUT2D eigenvalue weighted by atomic mass is 9.92. The average Bonchev–Trinajstić information content (AvgIpc) is 2.69. The van der Waals surface area contributed by atoms with Gasteiger partial charge in [-0.05, 0) is 69.8 Å². The molecule has 2 heterocycles. The molecule has 2 aliphatic heterocycles. The van der Waals surface area contributed by atoms with Gasteiger partial charge in [0, 0.05) is 31.2 Å². The first-order valence-electron chi connectivity index (χ1n) is 9.98. The first-order chi connectivity index (χ1) is 12.9. The van der Waals surface area contributed by atoms with Crippen LogP contribution in [0.2, 0.25) is 5.02 Å². The van der Waals surface area contributed by atoms with Crippen LogP contribution in [-0.2, 0) is 9.53 Å². The zero-order chi connectivity index (χ0) is 19.3. The van der Waals surface area contributed by atoms with E-state index in [1.807, 2.05) is 18.7 Å². The van der Waals surface area contributed by atoms with Gasteiger partial charge >= 0.3 is 0 Å². The van der Waals surface area contributed by atoms with E-state index in [2.05, 4.69) is 4.90 Å². The number of benzene rings is 1. The fraction of sp³-hybridized carbons (Fsp3) is 0.667. The minimum atomic E-state index is -0.880. The first-order valence-corrected chi connectivity index (χ1v) is 10.4. The Morgan fingerprint density at radius 3 is 2.41 bits per heavy atom. The van der Waals surface area contributed by atoms with Gasteiger partial charge in [-0.3, -0.25) is 9.69 Å². The van der Waals surface area contributed by atoms with Crippen molar-refractivity contribution in [2.75, 3.05) is 45.9 Å². The molecule has 150 valence electrons. The van der Waals surface area contributed by atoms with E-state index >= 15 is 0 Å². The summed E-state index contributed by atoms with van der Waals surface area (Å²) in [5.74, 6) is 1.43. The van der Waals surface area contributed by atoms with E-state index in [0.717, 1.165) is 58.8 Å². The summed E-state index contributed by atoms with van der Waals surface area (Å²) in [6.07, 6.45) is 3.37. The van der Waals surface area contributed by atoms with Gasteiger partial charge in [-0.2, -0.15) is 0 Å². The Morgan fingerprint density at radius 2 is 1.78 bits per heavy atom. The average molecular weight is 395 g/mol. The second-order valence-electron chi connectivity index (χ2n) is 8.04. The van der Waals surface area contributed by atoms with Crippen LogP contribution in [0, 0.1) is 5.92 Å². The van der Waals surface area contributed by atoms with Crippen LogP contribution in [0.5, 0.6) is 5.75 Å². The number of likely N-dealkylation sites (tertiary alicyclic amines) is 1. The lowest BCUT2D eigenvalue weighted by Gasteiger charge is -2.37. The van der Waals surface area contributed by atoms with Gasteiger partial charge in [-0.15, -0.1) is 0 Å². The fourth-order valence-corrected chi connectivity index (χ4v) is 3.96. The van der Waals surface area contributed by atoms with Crippen molar-refractivity contribution in [2.24, 2.45) is 5.92 Å². The van der Waals surface area contributed by atoms with Crippen LogP contribution in [0.15, 0.2) is 24.3 Å². The molecule has 0 spiro atoms. The summed E-state index contributed by atoms with van der Waals surface area (Å²) in [7, 11) is 0. The van der Waals surface area contributed by atoms with Crippen LogP contribution in [0.4, 0.5) is 0 Å². The highest BCUT2D eigenvalue weighted by Crippen LogP contribution is 2.26. The number of nitrogens with zero attached hydrogens (tertiary/aromatic N) is 2. The molecule has 0 unspecified atom stereocenters. The molecule has 3 rings (SSSR count). The van der Waals surface area contributed by atoms with E-state index in [1.54, 1.807) is 24.3 Å². The Bertz CT molecular complexity index is 606. The number of amides is 1. The van der Waals surface area contributed by atoms with E-state index in [1.165, 1.54) is 6.42 Å². The quantitative estimate of drug-likeness (QED) is 0.741. The number of piperidine rings is 1. The van der Waals surface area contributed by atoms with Crippen molar-refractivity contribution >= 4 is 17.5 Å². The van der Waals surface area contributed by atoms with Gasteiger partial charge in [0.25, 0.3) is 5.91 Å². The Labute approximate surface area is 167 Å². The summed E-state index contributed by atoms with van der Waals surface area (Å²) >= 11 is 5.92. The van der Waals surface area contributed by atoms with Crippen molar-refractivity contribution in [2.45, 2.75) is 38.7 Å². The number of halogens is 1. The van der Waals surface area contributed by atoms with Crippen LogP contribution in [0.25, 0.3) is 0 Å². The van der Waals surface area contributed by atoms with Crippen molar-refractivity contribution in [1.29, 1.82) is 0 Å². The molecule has 0 aliphatic carbocycles. The van der Waals surface area contributed by atoms with Crippen molar-refractivity contribution in [3.8, 4) is 5.75 Å². The molecule has 27 heavy (non-hydrogen) atoms. The van der Waals surface area contributed by atoms with Gasteiger partial charge in [-0.25, -0.2) is 0 Å². The van der Waals surface area contributed by atoms with Crippen molar-refractivity contribution in [3.05, 3.63) is 29.3 Å². The highest BCUT2D eigenvalue weighted by molar-refractivity contribution is 6.30. The maximum atomic E-state index is 13.0. The summed E-state index contributed by atoms with van der Waals surface area (Å²) < 4.78 is 11.4. The molecule has 0 N–H and O–H groups in total. The normalized spacial score (nSPS) is 19.9. The van der Waals surface area contributed by atoms with Gasteiger partial charge in [0.2, 0.25) is 0 Å². The number of carbonyl (C=O) groups is 1. The molecule has 5 nitrogen and oxygen atoms in total. The number of rotatable bonds is 6. The Hall–Kier alpha value is -1.30. The second-order valence-corrected chi connectivity index (χ2v) is 8.48. The molecule has 0 aromatic heterocycles.